The molecule has 56 valence electrons. The molecule has 0 bridgehead atoms. The number of thiol groups is 1. The third-order valence-electron chi connectivity index (χ3n) is 1.21. The van der Waals surface area contributed by atoms with Gasteiger partial charge in [-0.2, -0.15) is 0 Å². The van der Waals surface area contributed by atoms with Gasteiger partial charge in [-0.15, -0.1) is 0 Å². The van der Waals surface area contributed by atoms with E-state index in [2.05, 4.69) is 17.5 Å². The van der Waals surface area contributed by atoms with Crippen LogP contribution in [0.15, 0.2) is 23.4 Å². The normalized spacial score (nSPS) is 11.3. The van der Waals surface area contributed by atoms with Crippen LogP contribution in [0.2, 0.25) is 5.02 Å². The van der Waals surface area contributed by atoms with Gasteiger partial charge in [0.25, 0.3) is 0 Å². The van der Waals surface area contributed by atoms with Crippen LogP contribution in [0, 0.1) is 0 Å². The molecular weight excluding hydrogens is 166 g/mol. The molecule has 0 aliphatic heterocycles. The highest BCUT2D eigenvalue weighted by Gasteiger charge is 1.94. The molecule has 0 aromatic carbocycles. The van der Waals surface area contributed by atoms with Gasteiger partial charge >= 0.3 is 0 Å². The van der Waals surface area contributed by atoms with E-state index in [1.165, 1.54) is 4.90 Å². The van der Waals surface area contributed by atoms with Crippen molar-refractivity contribution in [1.29, 1.82) is 0 Å². The Kier molecular flexibility index (Phi) is 2.57. The number of hydrogen-bond acceptors (Lipinski definition) is 1. The van der Waals surface area contributed by atoms with Crippen LogP contribution in [0.3, 0.4) is 0 Å². The molecule has 1 nitrogen and oxygen atoms in total. The standard InChI is InChI=1S/C7H10ClNS/c1-10(2)7-3-6(8)4-9-5-7/h3-5,10H,1-2H3. The van der Waals surface area contributed by atoms with Crippen LogP contribution in [-0.4, -0.2) is 17.5 Å². The summed E-state index contributed by atoms with van der Waals surface area (Å²) in [6.45, 7) is 0. The van der Waals surface area contributed by atoms with E-state index < -0.39 is 0 Å². The Bertz CT molecular complexity index is 225. The largest absolute Gasteiger partial charge is 0.262 e. The third-order valence-corrected chi connectivity index (χ3v) is 2.69. The van der Waals surface area contributed by atoms with Gasteiger partial charge in [0.2, 0.25) is 0 Å². The lowest BCUT2D eigenvalue weighted by molar-refractivity contribution is 1.24. The summed E-state index contributed by atoms with van der Waals surface area (Å²) in [5, 5.41) is 0.730. The highest BCUT2D eigenvalue weighted by Crippen LogP contribution is 2.28. The third kappa shape index (κ3) is 1.89. The molecule has 0 spiro atoms. The van der Waals surface area contributed by atoms with Crippen LogP contribution in [0.5, 0.6) is 0 Å². The minimum Gasteiger partial charge on any atom is -0.262 e. The second-order valence-electron chi connectivity index (χ2n) is 2.26. The topological polar surface area (TPSA) is 12.9 Å². The molecular formula is C7H10ClNS. The monoisotopic (exact) mass is 175 g/mol. The molecule has 0 unspecified atom stereocenters. The first-order valence-electron chi connectivity index (χ1n) is 2.98. The number of pyridine rings is 1. The molecule has 0 fully saturated rings. The summed E-state index contributed by atoms with van der Waals surface area (Å²) in [4.78, 5) is 5.24. The number of halogens is 1. The second kappa shape index (κ2) is 3.26. The summed E-state index contributed by atoms with van der Waals surface area (Å²) in [6, 6.07) is 1.97. The van der Waals surface area contributed by atoms with Crippen LogP contribution < -0.4 is 0 Å². The van der Waals surface area contributed by atoms with E-state index in [0.29, 0.717) is 0 Å². The van der Waals surface area contributed by atoms with E-state index >= 15 is 0 Å². The van der Waals surface area contributed by atoms with Crippen molar-refractivity contribution in [2.45, 2.75) is 4.90 Å². The fourth-order valence-electron chi connectivity index (χ4n) is 0.645. The van der Waals surface area contributed by atoms with Crippen LogP contribution in [-0.2, 0) is 0 Å². The van der Waals surface area contributed by atoms with Crippen LogP contribution >= 0.6 is 22.5 Å². The Hall–Kier alpha value is -0.210. The van der Waals surface area contributed by atoms with Gasteiger partial charge in [-0.3, -0.25) is 4.98 Å². The summed E-state index contributed by atoms with van der Waals surface area (Å²) in [5.74, 6) is 0. The lowest BCUT2D eigenvalue weighted by atomic mass is 10.5. The first kappa shape index (κ1) is 7.89. The van der Waals surface area contributed by atoms with E-state index in [4.69, 9.17) is 11.6 Å². The predicted octanol–water partition coefficient (Wildman–Crippen LogP) is 2.35. The van der Waals surface area contributed by atoms with Crippen molar-refractivity contribution >= 4 is 22.5 Å². The molecule has 0 radical (unpaired) electrons. The number of hydrogen-bond donors (Lipinski definition) is 1. The van der Waals surface area contributed by atoms with E-state index in [1.807, 2.05) is 12.3 Å². The molecule has 1 aromatic rings. The SMILES string of the molecule is C[SH](C)c1cncc(Cl)c1. The fourth-order valence-corrected chi connectivity index (χ4v) is 1.59. The Labute approximate surface area is 68.8 Å². The van der Waals surface area contributed by atoms with Gasteiger partial charge in [-0.1, -0.05) is 11.6 Å². The molecule has 0 saturated heterocycles. The summed E-state index contributed by atoms with van der Waals surface area (Å²) in [5.41, 5.74) is 0. The fraction of sp³-hybridized carbons (Fsp3) is 0.286. The maximum absolute atomic E-state index is 5.74. The summed E-state index contributed by atoms with van der Waals surface area (Å²) >= 11 is 5.74. The van der Waals surface area contributed by atoms with Crippen LogP contribution in [0.4, 0.5) is 0 Å². The Morgan fingerprint density at radius 1 is 1.40 bits per heavy atom. The van der Waals surface area contributed by atoms with Gasteiger partial charge in [0, 0.05) is 17.3 Å². The van der Waals surface area contributed by atoms with Crippen LogP contribution in [0.25, 0.3) is 0 Å². The van der Waals surface area contributed by atoms with Gasteiger partial charge in [0.1, 0.15) is 0 Å². The van der Waals surface area contributed by atoms with Crippen molar-refractivity contribution in [3.05, 3.63) is 23.5 Å². The lowest BCUT2D eigenvalue weighted by Crippen LogP contribution is -1.79. The van der Waals surface area contributed by atoms with E-state index in [1.54, 1.807) is 6.20 Å². The summed E-state index contributed by atoms with van der Waals surface area (Å²) < 4.78 is 0. The minimum atomic E-state index is -0.0587. The second-order valence-corrected chi connectivity index (χ2v) is 5.00. The zero-order chi connectivity index (χ0) is 7.56. The van der Waals surface area contributed by atoms with Crippen LogP contribution in [0.1, 0.15) is 0 Å². The molecule has 0 saturated carbocycles. The quantitative estimate of drug-likeness (QED) is 0.647. The summed E-state index contributed by atoms with van der Waals surface area (Å²) in [6.07, 6.45) is 7.90. The molecule has 1 aromatic heterocycles. The molecule has 0 aliphatic carbocycles. The van der Waals surface area contributed by atoms with Crippen molar-refractivity contribution in [2.24, 2.45) is 0 Å². The first-order valence-corrected chi connectivity index (χ1v) is 5.59. The lowest BCUT2D eigenvalue weighted by Gasteiger charge is -2.07. The molecule has 0 aliphatic rings. The number of aromatic nitrogens is 1. The Balaban J connectivity index is 2.96. The molecule has 1 rings (SSSR count). The van der Waals surface area contributed by atoms with Crippen molar-refractivity contribution in [3.8, 4) is 0 Å². The van der Waals surface area contributed by atoms with Crippen molar-refractivity contribution < 1.29 is 0 Å². The Morgan fingerprint density at radius 3 is 2.50 bits per heavy atom. The maximum Gasteiger partial charge on any atom is 0.0599 e. The zero-order valence-electron chi connectivity index (χ0n) is 6.00. The predicted molar refractivity (Wildman–Crippen MR) is 48.3 cm³/mol. The molecule has 0 amide bonds. The van der Waals surface area contributed by atoms with Gasteiger partial charge in [-0.25, -0.2) is 10.9 Å². The van der Waals surface area contributed by atoms with Gasteiger partial charge in [-0.05, 0) is 18.6 Å². The van der Waals surface area contributed by atoms with Gasteiger partial charge < -0.3 is 0 Å². The highest BCUT2D eigenvalue weighted by atomic mass is 35.5. The van der Waals surface area contributed by atoms with E-state index in [-0.39, 0.29) is 10.9 Å². The molecule has 10 heavy (non-hydrogen) atoms. The van der Waals surface area contributed by atoms with E-state index in [0.717, 1.165) is 5.02 Å². The number of rotatable bonds is 1. The minimum absolute atomic E-state index is 0.0587. The average molecular weight is 176 g/mol. The Morgan fingerprint density at radius 2 is 2.10 bits per heavy atom. The molecule has 3 heteroatoms. The first-order chi connectivity index (χ1) is 4.70. The smallest absolute Gasteiger partial charge is 0.0599 e. The molecule has 0 atom stereocenters. The molecule has 0 N–H and O–H groups in total. The van der Waals surface area contributed by atoms with Crippen molar-refractivity contribution in [3.63, 3.8) is 0 Å². The number of nitrogens with zero attached hydrogens (tertiary/aromatic N) is 1. The average Bonchev–Trinajstić information content (AvgIpc) is 1.88. The highest BCUT2D eigenvalue weighted by molar-refractivity contribution is 8.15. The zero-order valence-corrected chi connectivity index (χ0v) is 7.65. The van der Waals surface area contributed by atoms with Crippen molar-refractivity contribution in [2.75, 3.05) is 12.5 Å². The van der Waals surface area contributed by atoms with Gasteiger partial charge in [0.05, 0.1) is 5.02 Å². The molecule has 1 heterocycles. The van der Waals surface area contributed by atoms with E-state index in [9.17, 15) is 0 Å². The maximum atomic E-state index is 5.74. The van der Waals surface area contributed by atoms with Gasteiger partial charge in [0.15, 0.2) is 0 Å². The summed E-state index contributed by atoms with van der Waals surface area (Å²) in [7, 11) is -0.0587. The van der Waals surface area contributed by atoms with Crippen molar-refractivity contribution in [1.82, 2.24) is 4.98 Å².